The molecule has 5 nitrogen and oxygen atoms in total. The van der Waals surface area contributed by atoms with Gasteiger partial charge in [-0.3, -0.25) is 0 Å². The predicted molar refractivity (Wildman–Crippen MR) is 96.4 cm³/mol. The Morgan fingerprint density at radius 3 is 2.60 bits per heavy atom. The third kappa shape index (κ3) is 4.53. The van der Waals surface area contributed by atoms with Gasteiger partial charge in [0.05, 0.1) is 26.1 Å². The van der Waals surface area contributed by atoms with Gasteiger partial charge < -0.3 is 19.0 Å². The largest absolute Gasteiger partial charge is 0.507 e. The van der Waals surface area contributed by atoms with E-state index in [9.17, 15) is 9.90 Å². The molecule has 0 aliphatic carbocycles. The lowest BCUT2D eigenvalue weighted by Gasteiger charge is -2.13. The Labute approximate surface area is 147 Å². The second-order valence-corrected chi connectivity index (χ2v) is 5.73. The van der Waals surface area contributed by atoms with Crippen molar-refractivity contribution in [1.82, 2.24) is 0 Å². The smallest absolute Gasteiger partial charge is 0.338 e. The highest BCUT2D eigenvalue weighted by molar-refractivity contribution is 6.21. The summed E-state index contributed by atoms with van der Waals surface area (Å²) in [6.45, 7) is 3.97. The molecule has 1 N–H and O–H groups in total. The Morgan fingerprint density at radius 2 is 2.04 bits per heavy atom. The van der Waals surface area contributed by atoms with Gasteiger partial charge in [0.25, 0.3) is 0 Å². The molecular formula is C20H22O5. The van der Waals surface area contributed by atoms with Crippen LogP contribution in [0.2, 0.25) is 0 Å². The number of esters is 1. The number of aromatic hydroxyl groups is 1. The van der Waals surface area contributed by atoms with Crippen LogP contribution in [0.25, 0.3) is 11.6 Å². The lowest BCUT2D eigenvalue weighted by atomic mass is 9.99. The molecular weight excluding hydrogens is 320 g/mol. The predicted octanol–water partition coefficient (Wildman–Crippen LogP) is 4.22. The molecule has 0 unspecified atom stereocenters. The number of furan rings is 1. The van der Waals surface area contributed by atoms with E-state index in [-0.39, 0.29) is 11.3 Å². The number of phenols is 1. The van der Waals surface area contributed by atoms with E-state index in [1.54, 1.807) is 24.3 Å². The van der Waals surface area contributed by atoms with Crippen LogP contribution >= 0.6 is 0 Å². The molecule has 0 radical (unpaired) electrons. The van der Waals surface area contributed by atoms with Crippen LogP contribution in [0.1, 0.15) is 30.7 Å². The highest BCUT2D eigenvalue weighted by Crippen LogP contribution is 2.34. The third-order valence-electron chi connectivity index (χ3n) is 3.67. The molecule has 0 fully saturated rings. The Hall–Kier alpha value is -2.95. The van der Waals surface area contributed by atoms with E-state index in [0.717, 1.165) is 5.57 Å². The number of methoxy groups -OCH3 is 2. The van der Waals surface area contributed by atoms with Crippen LogP contribution in [0.5, 0.6) is 11.5 Å². The van der Waals surface area contributed by atoms with Crippen molar-refractivity contribution in [2.24, 2.45) is 0 Å². The second-order valence-electron chi connectivity index (χ2n) is 5.73. The molecule has 2 aromatic rings. The van der Waals surface area contributed by atoms with Gasteiger partial charge in [-0.2, -0.15) is 0 Å². The van der Waals surface area contributed by atoms with Crippen LogP contribution in [0, 0.1) is 0 Å². The van der Waals surface area contributed by atoms with E-state index in [1.165, 1.54) is 26.5 Å². The summed E-state index contributed by atoms with van der Waals surface area (Å²) in [5, 5.41) is 10.4. The van der Waals surface area contributed by atoms with Gasteiger partial charge in [-0.15, -0.1) is 0 Å². The average Bonchev–Trinajstić information content (AvgIpc) is 3.10. The molecule has 0 aliphatic rings. The van der Waals surface area contributed by atoms with Crippen molar-refractivity contribution in [2.75, 3.05) is 14.2 Å². The first-order chi connectivity index (χ1) is 12.0. The van der Waals surface area contributed by atoms with Gasteiger partial charge in [-0.1, -0.05) is 11.6 Å². The molecule has 0 bridgehead atoms. The van der Waals surface area contributed by atoms with Gasteiger partial charge in [0, 0.05) is 5.56 Å². The summed E-state index contributed by atoms with van der Waals surface area (Å²) in [6.07, 6.45) is 5.61. The van der Waals surface area contributed by atoms with Gasteiger partial charge in [0.15, 0.2) is 0 Å². The molecule has 0 atom stereocenters. The standard InChI is InChI=1S/C20H22O5/c1-13(2)7-8-16-18(21)10-14(11-19(16)23-3)17(20(22)24-4)12-15-6-5-9-25-15/h5-7,9-12,21H,8H2,1-4H3/b17-12+. The van der Waals surface area contributed by atoms with Crippen molar-refractivity contribution in [2.45, 2.75) is 20.3 Å². The first kappa shape index (κ1) is 18.4. The number of allylic oxidation sites excluding steroid dienone is 2. The van der Waals surface area contributed by atoms with Crippen LogP contribution in [0.4, 0.5) is 0 Å². The van der Waals surface area contributed by atoms with E-state index in [4.69, 9.17) is 13.9 Å². The van der Waals surface area contributed by atoms with Gasteiger partial charge in [-0.25, -0.2) is 4.79 Å². The maximum absolute atomic E-state index is 12.2. The van der Waals surface area contributed by atoms with Crippen LogP contribution < -0.4 is 4.74 Å². The Kier molecular flexibility index (Phi) is 6.06. The fourth-order valence-electron chi connectivity index (χ4n) is 2.37. The van der Waals surface area contributed by atoms with Crippen LogP contribution in [0.3, 0.4) is 0 Å². The molecule has 0 aliphatic heterocycles. The van der Waals surface area contributed by atoms with E-state index < -0.39 is 5.97 Å². The fraction of sp³-hybridized carbons (Fsp3) is 0.250. The minimum absolute atomic E-state index is 0.0566. The lowest BCUT2D eigenvalue weighted by molar-refractivity contribution is -0.133. The first-order valence-corrected chi connectivity index (χ1v) is 7.83. The number of carbonyl (C=O) groups excluding carboxylic acids is 1. The highest BCUT2D eigenvalue weighted by Gasteiger charge is 2.18. The summed E-state index contributed by atoms with van der Waals surface area (Å²) in [4.78, 5) is 12.2. The quantitative estimate of drug-likeness (QED) is 0.484. The Balaban J connectivity index is 2.54. The number of rotatable bonds is 6. The number of phenolic OH excluding ortho intramolecular Hbond substituents is 1. The summed E-state index contributed by atoms with van der Waals surface area (Å²) < 4.78 is 15.5. The molecule has 0 spiro atoms. The van der Waals surface area contributed by atoms with Gasteiger partial charge in [0.1, 0.15) is 17.3 Å². The van der Waals surface area contributed by atoms with Gasteiger partial charge in [-0.05, 0) is 56.2 Å². The second kappa shape index (κ2) is 8.24. The molecule has 1 aromatic carbocycles. The molecule has 1 aromatic heterocycles. The SMILES string of the molecule is COC(=O)/C(=C/c1ccco1)c1cc(O)c(CC=C(C)C)c(OC)c1. The molecule has 1 heterocycles. The zero-order valence-electron chi connectivity index (χ0n) is 14.8. The third-order valence-corrected chi connectivity index (χ3v) is 3.67. The maximum atomic E-state index is 12.2. The van der Waals surface area contributed by atoms with Crippen molar-refractivity contribution >= 4 is 17.6 Å². The van der Waals surface area contributed by atoms with Crippen molar-refractivity contribution in [3.8, 4) is 11.5 Å². The first-order valence-electron chi connectivity index (χ1n) is 7.83. The summed E-state index contributed by atoms with van der Waals surface area (Å²) in [5.41, 5.74) is 2.55. The van der Waals surface area contributed by atoms with Crippen LogP contribution in [-0.4, -0.2) is 25.3 Å². The van der Waals surface area contributed by atoms with Crippen molar-refractivity contribution in [3.05, 3.63) is 59.1 Å². The Bertz CT molecular complexity index is 794. The number of carbonyl (C=O) groups is 1. The molecule has 0 saturated carbocycles. The molecule has 132 valence electrons. The zero-order chi connectivity index (χ0) is 18.4. The van der Waals surface area contributed by atoms with E-state index in [0.29, 0.717) is 29.1 Å². The number of hydrogen-bond acceptors (Lipinski definition) is 5. The summed E-state index contributed by atoms with van der Waals surface area (Å²) in [6, 6.07) is 6.69. The van der Waals surface area contributed by atoms with Crippen molar-refractivity contribution in [3.63, 3.8) is 0 Å². The molecule has 2 rings (SSSR count). The molecule has 0 saturated heterocycles. The maximum Gasteiger partial charge on any atom is 0.338 e. The normalized spacial score (nSPS) is 11.1. The summed E-state index contributed by atoms with van der Waals surface area (Å²) in [5.74, 6) is 0.533. The van der Waals surface area contributed by atoms with E-state index in [2.05, 4.69) is 0 Å². The fourth-order valence-corrected chi connectivity index (χ4v) is 2.37. The zero-order valence-corrected chi connectivity index (χ0v) is 14.8. The lowest BCUT2D eigenvalue weighted by Crippen LogP contribution is -2.05. The van der Waals surface area contributed by atoms with Crippen molar-refractivity contribution in [1.29, 1.82) is 0 Å². The molecule has 25 heavy (non-hydrogen) atoms. The highest BCUT2D eigenvalue weighted by atomic mass is 16.5. The Morgan fingerprint density at radius 1 is 1.28 bits per heavy atom. The molecule has 5 heteroatoms. The minimum atomic E-state index is -0.532. The van der Waals surface area contributed by atoms with E-state index >= 15 is 0 Å². The number of benzene rings is 1. The number of ether oxygens (including phenoxy) is 2. The van der Waals surface area contributed by atoms with Crippen LogP contribution in [-0.2, 0) is 16.0 Å². The monoisotopic (exact) mass is 342 g/mol. The average molecular weight is 342 g/mol. The summed E-state index contributed by atoms with van der Waals surface area (Å²) >= 11 is 0. The van der Waals surface area contributed by atoms with Gasteiger partial charge >= 0.3 is 5.97 Å². The minimum Gasteiger partial charge on any atom is -0.507 e. The van der Waals surface area contributed by atoms with Crippen LogP contribution in [0.15, 0.2) is 46.6 Å². The van der Waals surface area contributed by atoms with Gasteiger partial charge in [0.2, 0.25) is 0 Å². The van der Waals surface area contributed by atoms with E-state index in [1.807, 2.05) is 19.9 Å². The summed E-state index contributed by atoms with van der Waals surface area (Å²) in [7, 11) is 2.83. The number of hydrogen-bond donors (Lipinski definition) is 1. The molecule has 0 amide bonds. The van der Waals surface area contributed by atoms with Crippen molar-refractivity contribution < 1.29 is 23.8 Å². The topological polar surface area (TPSA) is 68.9 Å².